The highest BCUT2D eigenvalue weighted by molar-refractivity contribution is 6.13. The second-order valence-electron chi connectivity index (χ2n) is 10.7. The minimum Gasteiger partial charge on any atom is -0.400 e. The lowest BCUT2D eigenvalue weighted by Crippen LogP contribution is -2.32. The van der Waals surface area contributed by atoms with E-state index >= 15 is 0 Å². The van der Waals surface area contributed by atoms with Crippen molar-refractivity contribution in [2.24, 2.45) is 17.8 Å². The van der Waals surface area contributed by atoms with E-state index in [9.17, 15) is 9.59 Å². The van der Waals surface area contributed by atoms with Crippen LogP contribution in [-0.4, -0.2) is 45.1 Å². The summed E-state index contributed by atoms with van der Waals surface area (Å²) in [5.74, 6) is 0.00333. The zero-order valence-electron chi connectivity index (χ0n) is 26.0. The first-order chi connectivity index (χ1) is 20.2. The number of para-hydroxylation sites is 2. The van der Waals surface area contributed by atoms with Crippen LogP contribution in [-0.2, 0) is 11.8 Å². The van der Waals surface area contributed by atoms with Crippen molar-refractivity contribution >= 4 is 34.5 Å². The first-order valence-corrected chi connectivity index (χ1v) is 15.0. The van der Waals surface area contributed by atoms with Gasteiger partial charge < -0.3 is 15.2 Å². The van der Waals surface area contributed by atoms with E-state index in [1.165, 1.54) is 12.8 Å². The van der Waals surface area contributed by atoms with Gasteiger partial charge in [0.15, 0.2) is 0 Å². The molecule has 224 valence electrons. The Morgan fingerprint density at radius 2 is 1.64 bits per heavy atom. The molecule has 8 heteroatoms. The molecule has 2 amide bonds. The van der Waals surface area contributed by atoms with Gasteiger partial charge in [0.2, 0.25) is 5.95 Å². The molecule has 0 aliphatic heterocycles. The van der Waals surface area contributed by atoms with Crippen molar-refractivity contribution in [1.29, 1.82) is 0 Å². The van der Waals surface area contributed by atoms with Crippen LogP contribution in [0.2, 0.25) is 0 Å². The highest BCUT2D eigenvalue weighted by Gasteiger charge is 2.18. The fourth-order valence-corrected chi connectivity index (χ4v) is 4.65. The van der Waals surface area contributed by atoms with Gasteiger partial charge in [-0.05, 0) is 63.5 Å². The minimum atomic E-state index is -0.446. The third-order valence-electron chi connectivity index (χ3n) is 7.26. The number of aliphatic imine (C=N–C) groups is 1. The molecule has 0 radical (unpaired) electrons. The number of nitrogens with one attached hydrogen (secondary N) is 1. The Labute approximate surface area is 250 Å². The summed E-state index contributed by atoms with van der Waals surface area (Å²) in [5, 5.41) is 2.88. The fraction of sp³-hybridized carbons (Fsp3) is 0.412. The lowest BCUT2D eigenvalue weighted by atomic mass is 10.0. The van der Waals surface area contributed by atoms with Gasteiger partial charge in [0.25, 0.3) is 11.8 Å². The van der Waals surface area contributed by atoms with Gasteiger partial charge in [-0.15, -0.1) is 0 Å². The molecule has 0 saturated carbocycles. The predicted octanol–water partition coefficient (Wildman–Crippen LogP) is 6.98. The van der Waals surface area contributed by atoms with Crippen LogP contribution in [0.1, 0.15) is 89.1 Å². The summed E-state index contributed by atoms with van der Waals surface area (Å²) in [7, 11) is 1.85. The van der Waals surface area contributed by atoms with E-state index < -0.39 is 5.91 Å². The molecule has 3 rings (SSSR count). The summed E-state index contributed by atoms with van der Waals surface area (Å²) in [6.07, 6.45) is 8.20. The number of fused-ring (bicyclic) bond motifs is 1. The molecule has 3 aromatic rings. The fourth-order valence-electron chi connectivity index (χ4n) is 4.65. The normalized spacial score (nSPS) is 12.8. The Bertz CT molecular complexity index is 1460. The summed E-state index contributed by atoms with van der Waals surface area (Å²) < 4.78 is 1.82. The molecule has 0 aliphatic rings. The third kappa shape index (κ3) is 8.41. The molecule has 0 fully saturated rings. The van der Waals surface area contributed by atoms with Crippen LogP contribution < -0.4 is 11.1 Å². The Balaban J connectivity index is 1.90. The number of imidazole rings is 1. The summed E-state index contributed by atoms with van der Waals surface area (Å²) >= 11 is 0. The molecule has 0 saturated heterocycles. The van der Waals surface area contributed by atoms with Gasteiger partial charge in [-0.25, -0.2) is 9.98 Å². The van der Waals surface area contributed by atoms with E-state index in [0.29, 0.717) is 17.2 Å². The van der Waals surface area contributed by atoms with Crippen LogP contribution in [0.25, 0.3) is 11.0 Å². The van der Waals surface area contributed by atoms with Crippen LogP contribution in [0.4, 0.5) is 5.95 Å². The van der Waals surface area contributed by atoms with Gasteiger partial charge in [0.1, 0.15) is 5.70 Å². The van der Waals surface area contributed by atoms with E-state index in [-0.39, 0.29) is 17.3 Å². The van der Waals surface area contributed by atoms with Crippen molar-refractivity contribution in [3.8, 4) is 0 Å². The summed E-state index contributed by atoms with van der Waals surface area (Å²) in [5.41, 5.74) is 11.4. The molecule has 2 aromatic carbocycles. The number of nitrogens with zero attached hydrogens (tertiary/aromatic N) is 4. The zero-order chi connectivity index (χ0) is 30.6. The molecule has 1 aromatic heterocycles. The number of carbonyl (C=O) groups excluding carboxylic acids is 2. The first-order valence-electron chi connectivity index (χ1n) is 15.0. The molecular formula is C34H46N6O2. The summed E-state index contributed by atoms with van der Waals surface area (Å²) in [6.45, 7) is 11.5. The van der Waals surface area contributed by atoms with E-state index in [4.69, 9.17) is 10.7 Å². The van der Waals surface area contributed by atoms with Crippen molar-refractivity contribution < 1.29 is 9.59 Å². The van der Waals surface area contributed by atoms with Crippen molar-refractivity contribution in [3.05, 3.63) is 82.7 Å². The molecule has 0 unspecified atom stereocenters. The average Bonchev–Trinajstić information content (AvgIpc) is 3.30. The summed E-state index contributed by atoms with van der Waals surface area (Å²) in [4.78, 5) is 38.0. The van der Waals surface area contributed by atoms with Gasteiger partial charge in [0.05, 0.1) is 16.7 Å². The number of rotatable bonds is 14. The van der Waals surface area contributed by atoms with Gasteiger partial charge in [-0.1, -0.05) is 69.9 Å². The van der Waals surface area contributed by atoms with Crippen LogP contribution in [0, 0.1) is 0 Å². The number of allylic oxidation sites excluding steroid dienone is 3. The number of anilines is 1. The van der Waals surface area contributed by atoms with Crippen LogP contribution in [0.5, 0.6) is 0 Å². The third-order valence-corrected chi connectivity index (χ3v) is 7.26. The number of hydrogen-bond acceptors (Lipinski definition) is 5. The Morgan fingerprint density at radius 3 is 2.26 bits per heavy atom. The smallest absolute Gasteiger partial charge is 0.278 e. The highest BCUT2D eigenvalue weighted by atomic mass is 16.2. The minimum absolute atomic E-state index is 0.0406. The number of amides is 2. The van der Waals surface area contributed by atoms with E-state index in [2.05, 4.69) is 31.1 Å². The van der Waals surface area contributed by atoms with Crippen molar-refractivity contribution in [2.45, 2.75) is 73.1 Å². The molecule has 3 N–H and O–H groups in total. The Kier molecular flexibility index (Phi) is 12.1. The predicted molar refractivity (Wildman–Crippen MR) is 174 cm³/mol. The lowest BCUT2D eigenvalue weighted by Gasteiger charge is -2.22. The van der Waals surface area contributed by atoms with Gasteiger partial charge in [-0.3, -0.25) is 14.9 Å². The topological polar surface area (TPSA) is 106 Å². The van der Waals surface area contributed by atoms with Gasteiger partial charge in [-0.2, -0.15) is 0 Å². The molecule has 0 spiro atoms. The maximum absolute atomic E-state index is 13.4. The van der Waals surface area contributed by atoms with Crippen LogP contribution >= 0.6 is 0 Å². The van der Waals surface area contributed by atoms with Gasteiger partial charge >= 0.3 is 0 Å². The molecule has 0 aliphatic carbocycles. The largest absolute Gasteiger partial charge is 0.400 e. The van der Waals surface area contributed by atoms with Crippen molar-refractivity contribution in [1.82, 2.24) is 14.5 Å². The molecule has 0 atom stereocenters. The molecule has 8 nitrogen and oxygen atoms in total. The lowest BCUT2D eigenvalue weighted by molar-refractivity contribution is -0.113. The van der Waals surface area contributed by atoms with E-state index in [1.807, 2.05) is 78.0 Å². The highest BCUT2D eigenvalue weighted by Crippen LogP contribution is 2.20. The second kappa shape index (κ2) is 15.7. The number of nitrogens with two attached hydrogens (primary N) is 1. The SMILES string of the molecule is CCCCCCN(CCC)C(=O)c1ccc(C(/C=C(\C)CC)=N/C(C(=O)Nc2nc3ccccc3n2C)=C(\C)N)cc1. The number of unbranched alkanes of at least 4 members (excludes halogenated alkanes) is 3. The standard InChI is InChI=1S/C34H46N6O2/c1-7-10-11-14-22-40(21-8-2)33(42)27-19-17-26(18-20-27)29(23-24(4)9-3)36-31(25(5)35)32(41)38-34-37-28-15-12-13-16-30(28)39(34)6/h12-13,15-20,23H,7-11,14,21-22,35H2,1-6H3,(H,37,38,41)/b24-23+,31-25+,36-29+. The molecule has 0 bridgehead atoms. The summed E-state index contributed by atoms with van der Waals surface area (Å²) in [6, 6.07) is 15.1. The van der Waals surface area contributed by atoms with E-state index in [1.54, 1.807) is 6.92 Å². The van der Waals surface area contributed by atoms with Crippen molar-refractivity contribution in [3.63, 3.8) is 0 Å². The van der Waals surface area contributed by atoms with Crippen LogP contribution in [0.15, 0.2) is 76.6 Å². The van der Waals surface area contributed by atoms with Gasteiger partial charge in [0, 0.05) is 37.0 Å². The monoisotopic (exact) mass is 570 g/mol. The number of aryl methyl sites for hydroxylation is 1. The number of aromatic nitrogens is 2. The number of benzene rings is 2. The Morgan fingerprint density at radius 1 is 0.952 bits per heavy atom. The number of carbonyl (C=O) groups is 2. The average molecular weight is 571 g/mol. The van der Waals surface area contributed by atoms with Crippen LogP contribution in [0.3, 0.4) is 0 Å². The molecular weight excluding hydrogens is 524 g/mol. The maximum atomic E-state index is 13.4. The second-order valence-corrected chi connectivity index (χ2v) is 10.7. The number of hydrogen-bond donors (Lipinski definition) is 2. The maximum Gasteiger partial charge on any atom is 0.278 e. The quantitative estimate of drug-likeness (QED) is 0.124. The molecule has 42 heavy (non-hydrogen) atoms. The molecule has 1 heterocycles. The zero-order valence-corrected chi connectivity index (χ0v) is 26.0. The van der Waals surface area contributed by atoms with E-state index in [0.717, 1.165) is 60.9 Å². The Hall–Kier alpha value is -4.20. The van der Waals surface area contributed by atoms with Crippen molar-refractivity contribution in [2.75, 3.05) is 18.4 Å². The first kappa shape index (κ1) is 32.3.